The van der Waals surface area contributed by atoms with Crippen LogP contribution < -0.4 is 10.0 Å². The normalized spacial score (nSPS) is 12.9. The number of benzene rings is 1. The number of nitrogens with one attached hydrogen (secondary N) is 2. The third kappa shape index (κ3) is 6.72. The zero-order chi connectivity index (χ0) is 18.3. The number of carbonyl (C=O) groups excluding carboxylic acids is 1. The Morgan fingerprint density at radius 2 is 1.84 bits per heavy atom. The maximum absolute atomic E-state index is 12.4. The zero-order valence-corrected chi connectivity index (χ0v) is 15.3. The van der Waals surface area contributed by atoms with Crippen LogP contribution in [-0.2, 0) is 27.1 Å². The number of rotatable bonds is 9. The summed E-state index contributed by atoms with van der Waals surface area (Å²) in [6.45, 7) is 4.11. The first-order chi connectivity index (χ1) is 11.9. The zero-order valence-electron chi connectivity index (χ0n) is 14.4. The fourth-order valence-electron chi connectivity index (χ4n) is 2.44. The first-order valence-corrected chi connectivity index (χ1v) is 9.85. The third-order valence-corrected chi connectivity index (χ3v) is 4.92. The first-order valence-electron chi connectivity index (χ1n) is 8.20. The minimum Gasteiger partial charge on any atom is -0.467 e. The second-order valence-corrected chi connectivity index (χ2v) is 8.10. The fourth-order valence-corrected chi connectivity index (χ4v) is 3.79. The minimum atomic E-state index is -3.63. The van der Waals surface area contributed by atoms with Crippen LogP contribution in [0.15, 0.2) is 53.1 Å². The predicted octanol–water partition coefficient (Wildman–Crippen LogP) is 2.43. The van der Waals surface area contributed by atoms with Crippen molar-refractivity contribution in [1.82, 2.24) is 10.0 Å². The predicted molar refractivity (Wildman–Crippen MR) is 96.0 cm³/mol. The summed E-state index contributed by atoms with van der Waals surface area (Å²) in [4.78, 5) is 12.4. The van der Waals surface area contributed by atoms with E-state index in [-0.39, 0.29) is 24.1 Å². The van der Waals surface area contributed by atoms with Crippen molar-refractivity contribution in [3.8, 4) is 0 Å². The van der Waals surface area contributed by atoms with Crippen LogP contribution in [-0.4, -0.2) is 20.4 Å². The lowest BCUT2D eigenvalue weighted by Crippen LogP contribution is -2.47. The second-order valence-electron chi connectivity index (χ2n) is 6.34. The van der Waals surface area contributed by atoms with E-state index in [1.54, 1.807) is 36.4 Å². The van der Waals surface area contributed by atoms with Gasteiger partial charge in [-0.15, -0.1) is 0 Å². The van der Waals surface area contributed by atoms with Gasteiger partial charge in [-0.1, -0.05) is 44.2 Å². The number of amides is 1. The number of carbonyl (C=O) groups is 1. The molecule has 2 rings (SSSR count). The van der Waals surface area contributed by atoms with Crippen LogP contribution in [0.1, 0.15) is 31.6 Å². The van der Waals surface area contributed by atoms with E-state index in [4.69, 9.17) is 4.42 Å². The molecule has 1 amide bonds. The van der Waals surface area contributed by atoms with Gasteiger partial charge < -0.3 is 9.73 Å². The molecule has 0 fully saturated rings. The van der Waals surface area contributed by atoms with Gasteiger partial charge in [0.15, 0.2) is 0 Å². The average Bonchev–Trinajstić information content (AvgIpc) is 3.05. The molecule has 1 aromatic heterocycles. The van der Waals surface area contributed by atoms with Gasteiger partial charge in [-0.05, 0) is 30.0 Å². The van der Waals surface area contributed by atoms with Gasteiger partial charge in [0.2, 0.25) is 15.9 Å². The van der Waals surface area contributed by atoms with Gasteiger partial charge in [0.05, 0.1) is 18.6 Å². The summed E-state index contributed by atoms with van der Waals surface area (Å²) in [5, 5.41) is 2.72. The molecule has 2 aromatic rings. The lowest BCUT2D eigenvalue weighted by Gasteiger charge is -2.20. The fraction of sp³-hybridized carbons (Fsp3) is 0.389. The van der Waals surface area contributed by atoms with E-state index >= 15 is 0 Å². The topological polar surface area (TPSA) is 88.4 Å². The number of furan rings is 1. The highest BCUT2D eigenvalue weighted by molar-refractivity contribution is 7.88. The van der Waals surface area contributed by atoms with Crippen LogP contribution in [0.5, 0.6) is 0 Å². The van der Waals surface area contributed by atoms with Crippen LogP contribution in [0.2, 0.25) is 0 Å². The third-order valence-electron chi connectivity index (χ3n) is 3.56. The van der Waals surface area contributed by atoms with Gasteiger partial charge in [-0.2, -0.15) is 0 Å². The quantitative estimate of drug-likeness (QED) is 0.715. The van der Waals surface area contributed by atoms with Gasteiger partial charge in [-0.3, -0.25) is 4.79 Å². The molecular formula is C18H24N2O4S. The lowest BCUT2D eigenvalue weighted by molar-refractivity contribution is -0.123. The summed E-state index contributed by atoms with van der Waals surface area (Å²) in [6.07, 6.45) is 1.94. The highest BCUT2D eigenvalue weighted by Gasteiger charge is 2.25. The molecule has 0 bridgehead atoms. The Kier molecular flexibility index (Phi) is 6.78. The van der Waals surface area contributed by atoms with Crippen LogP contribution in [0, 0.1) is 5.92 Å². The molecule has 6 nitrogen and oxygen atoms in total. The molecule has 0 spiro atoms. The van der Waals surface area contributed by atoms with Crippen LogP contribution in [0.3, 0.4) is 0 Å². The molecule has 0 radical (unpaired) electrons. The average molecular weight is 364 g/mol. The Morgan fingerprint density at radius 3 is 2.44 bits per heavy atom. The maximum atomic E-state index is 12.4. The molecule has 1 aromatic carbocycles. The number of hydrogen-bond acceptors (Lipinski definition) is 4. The molecule has 1 heterocycles. The summed E-state index contributed by atoms with van der Waals surface area (Å²) in [5.74, 6) is 0.262. The molecule has 0 aliphatic rings. The van der Waals surface area contributed by atoms with Crippen LogP contribution >= 0.6 is 0 Å². The lowest BCUT2D eigenvalue weighted by atomic mass is 10.0. The molecule has 7 heteroatoms. The van der Waals surface area contributed by atoms with Gasteiger partial charge in [0, 0.05) is 0 Å². The van der Waals surface area contributed by atoms with Gasteiger partial charge >= 0.3 is 0 Å². The van der Waals surface area contributed by atoms with E-state index in [2.05, 4.69) is 10.0 Å². The Labute approximate surface area is 148 Å². The smallest absolute Gasteiger partial charge is 0.238 e. The standard InChI is InChI=1S/C18H24N2O4S/c1-14(2)11-17(18(21)19-12-16-9-6-10-24-16)20-25(22,23)13-15-7-4-3-5-8-15/h3-10,14,17,20H,11-13H2,1-2H3,(H,19,21)/t17-/m1/s1. The van der Waals surface area contributed by atoms with E-state index in [0.717, 1.165) is 0 Å². The SMILES string of the molecule is CC(C)C[C@@H](NS(=O)(=O)Cc1ccccc1)C(=O)NCc1ccco1. The summed E-state index contributed by atoms with van der Waals surface area (Å²) >= 11 is 0. The van der Waals surface area contributed by atoms with Gasteiger partial charge in [0.25, 0.3) is 0 Å². The van der Waals surface area contributed by atoms with Crippen molar-refractivity contribution >= 4 is 15.9 Å². The first kappa shape index (κ1) is 19.2. The highest BCUT2D eigenvalue weighted by atomic mass is 32.2. The molecule has 1 atom stereocenters. The molecule has 0 aliphatic heterocycles. The molecule has 2 N–H and O–H groups in total. The molecular weight excluding hydrogens is 340 g/mol. The monoisotopic (exact) mass is 364 g/mol. The van der Waals surface area contributed by atoms with E-state index in [1.807, 2.05) is 19.9 Å². The number of sulfonamides is 1. The molecule has 0 saturated heterocycles. The summed E-state index contributed by atoms with van der Waals surface area (Å²) < 4.78 is 32.5. The van der Waals surface area contributed by atoms with Crippen molar-refractivity contribution < 1.29 is 17.6 Å². The Bertz CT molecular complexity index is 756. The van der Waals surface area contributed by atoms with E-state index in [0.29, 0.717) is 17.7 Å². The Balaban J connectivity index is 2.01. The Hall–Kier alpha value is -2.12. The molecule has 0 unspecified atom stereocenters. The maximum Gasteiger partial charge on any atom is 0.238 e. The van der Waals surface area contributed by atoms with Crippen LogP contribution in [0.4, 0.5) is 0 Å². The van der Waals surface area contributed by atoms with Crippen molar-refractivity contribution in [3.05, 3.63) is 60.1 Å². The van der Waals surface area contributed by atoms with Crippen molar-refractivity contribution in [3.63, 3.8) is 0 Å². The largest absolute Gasteiger partial charge is 0.467 e. The summed E-state index contributed by atoms with van der Waals surface area (Å²) in [7, 11) is -3.63. The highest BCUT2D eigenvalue weighted by Crippen LogP contribution is 2.10. The van der Waals surface area contributed by atoms with E-state index < -0.39 is 16.1 Å². The van der Waals surface area contributed by atoms with Crippen molar-refractivity contribution in [2.45, 2.75) is 38.6 Å². The number of hydrogen-bond donors (Lipinski definition) is 2. The van der Waals surface area contributed by atoms with Crippen molar-refractivity contribution in [2.24, 2.45) is 5.92 Å². The molecule has 136 valence electrons. The van der Waals surface area contributed by atoms with Crippen LogP contribution in [0.25, 0.3) is 0 Å². The minimum absolute atomic E-state index is 0.159. The Morgan fingerprint density at radius 1 is 1.12 bits per heavy atom. The summed E-state index contributed by atoms with van der Waals surface area (Å²) in [6, 6.07) is 11.5. The molecule has 25 heavy (non-hydrogen) atoms. The van der Waals surface area contributed by atoms with Gasteiger partial charge in [0.1, 0.15) is 11.8 Å². The summed E-state index contributed by atoms with van der Waals surface area (Å²) in [5.41, 5.74) is 0.675. The van der Waals surface area contributed by atoms with Crippen molar-refractivity contribution in [1.29, 1.82) is 0 Å². The van der Waals surface area contributed by atoms with E-state index in [9.17, 15) is 13.2 Å². The second kappa shape index (κ2) is 8.82. The van der Waals surface area contributed by atoms with E-state index in [1.165, 1.54) is 6.26 Å². The molecule has 0 saturated carbocycles. The van der Waals surface area contributed by atoms with Gasteiger partial charge in [-0.25, -0.2) is 13.1 Å². The molecule has 0 aliphatic carbocycles. The van der Waals surface area contributed by atoms with Crippen molar-refractivity contribution in [2.75, 3.05) is 0 Å².